The number of hydrogen-bond donors (Lipinski definition) is 5. The molecule has 1 aromatic rings. The molecule has 10 nitrogen and oxygen atoms in total. The van der Waals surface area contributed by atoms with E-state index in [1.807, 2.05) is 19.0 Å². The number of benzene rings is 1. The summed E-state index contributed by atoms with van der Waals surface area (Å²) in [4.78, 5) is 41.0. The normalized spacial score (nSPS) is 28.1. The van der Waals surface area contributed by atoms with Crippen molar-refractivity contribution in [3.63, 3.8) is 0 Å². The Kier molecular flexibility index (Phi) is 6.07. The van der Waals surface area contributed by atoms with Crippen LogP contribution in [0.3, 0.4) is 0 Å². The number of aromatic hydroxyl groups is 1. The molecule has 3 aliphatic carbocycles. The van der Waals surface area contributed by atoms with Gasteiger partial charge in [0.15, 0.2) is 11.6 Å². The average molecular weight is 489 g/mol. The molecule has 1 saturated carbocycles. The van der Waals surface area contributed by atoms with E-state index in [2.05, 4.69) is 0 Å². The number of nitrogens with zero attached hydrogens (tertiary/aromatic N) is 2. The summed E-state index contributed by atoms with van der Waals surface area (Å²) in [6.45, 7) is 0. The Morgan fingerprint density at radius 1 is 1.14 bits per heavy atom. The number of carbonyl (C=O) groups excluding carboxylic acids is 3. The van der Waals surface area contributed by atoms with Crippen molar-refractivity contribution < 1.29 is 39.3 Å². The van der Waals surface area contributed by atoms with Crippen LogP contribution in [0.15, 0.2) is 29.0 Å². The molecular formula is C25H34N3O7+. The number of quaternary nitrogens is 1. The van der Waals surface area contributed by atoms with Crippen molar-refractivity contribution in [2.24, 2.45) is 17.6 Å². The van der Waals surface area contributed by atoms with Gasteiger partial charge in [0.25, 0.3) is 5.91 Å². The number of fused-ring (bicyclic) bond motifs is 3. The van der Waals surface area contributed by atoms with Crippen LogP contribution in [0.25, 0.3) is 5.76 Å². The van der Waals surface area contributed by atoms with E-state index < -0.39 is 58.0 Å². The van der Waals surface area contributed by atoms with Gasteiger partial charge in [-0.1, -0.05) is 7.43 Å². The zero-order valence-corrected chi connectivity index (χ0v) is 19.8. The maximum atomic E-state index is 13.8. The van der Waals surface area contributed by atoms with Crippen LogP contribution in [-0.4, -0.2) is 89.3 Å². The molecule has 0 unspecified atom stereocenters. The van der Waals surface area contributed by atoms with Gasteiger partial charge in [-0.25, -0.2) is 0 Å². The predicted octanol–water partition coefficient (Wildman–Crippen LogP) is 0.811. The second-order valence-corrected chi connectivity index (χ2v) is 10.5. The monoisotopic (exact) mass is 488 g/mol. The van der Waals surface area contributed by atoms with E-state index >= 15 is 0 Å². The number of likely N-dealkylation sites (N-methyl/N-ethyl adjacent to an activating group) is 1. The van der Waals surface area contributed by atoms with Crippen molar-refractivity contribution in [2.75, 3.05) is 40.1 Å². The lowest BCUT2D eigenvalue weighted by molar-refractivity contribution is -0.891. The quantitative estimate of drug-likeness (QED) is 0.308. The molecule has 0 saturated heterocycles. The minimum absolute atomic E-state index is 0. The topological polar surface area (TPSA) is 161 Å². The van der Waals surface area contributed by atoms with Gasteiger partial charge in [0.05, 0.1) is 32.6 Å². The third-order valence-electron chi connectivity index (χ3n) is 7.34. The highest BCUT2D eigenvalue weighted by atomic mass is 16.3. The summed E-state index contributed by atoms with van der Waals surface area (Å²) in [7, 11) is 8.70. The summed E-state index contributed by atoms with van der Waals surface area (Å²) in [6, 6.07) is 2.07. The van der Waals surface area contributed by atoms with Gasteiger partial charge in [-0.05, 0) is 36.5 Å². The zero-order chi connectivity index (χ0) is 25.5. The number of nitrogens with two attached hydrogens (primary N) is 1. The number of phenols is 1. The Hall–Kier alpha value is -3.37. The van der Waals surface area contributed by atoms with E-state index in [1.54, 1.807) is 27.2 Å². The molecule has 10 heteroatoms. The molecule has 1 fully saturated rings. The van der Waals surface area contributed by atoms with Crippen LogP contribution in [0.4, 0.5) is 5.69 Å². The number of aliphatic hydroxyl groups is 3. The largest absolute Gasteiger partial charge is 0.508 e. The van der Waals surface area contributed by atoms with Gasteiger partial charge in [-0.2, -0.15) is 0 Å². The standard InChI is InChI=1S/C24H29N3O7.CH4/c1-26(2)13-6-7-14(28)16-11(13)8-10-9-12-18(27(3,4)5)20(30)17(23(25)33)22(32)24(12,34)21(31)15(10)19(16)29;/h6-7,10,12,18,34H,8-9H2,1-5H3,(H4-,25,28,29,30,31,32,33);1H4/p+1/t10-,12-,18-,24-;/m0./s1. The van der Waals surface area contributed by atoms with Crippen LogP contribution in [-0.2, 0) is 20.8 Å². The van der Waals surface area contributed by atoms with Gasteiger partial charge in [0.2, 0.25) is 11.6 Å². The molecule has 3 aliphatic rings. The number of primary amides is 1. The molecule has 0 heterocycles. The minimum Gasteiger partial charge on any atom is -0.508 e. The number of aliphatic hydroxyl groups excluding tert-OH is 2. The van der Waals surface area contributed by atoms with E-state index in [4.69, 9.17) is 5.73 Å². The first-order chi connectivity index (χ1) is 15.6. The highest BCUT2D eigenvalue weighted by Crippen LogP contribution is 2.54. The average Bonchev–Trinajstić information content (AvgIpc) is 2.69. The number of carbonyl (C=O) groups is 3. The SMILES string of the molecule is C.CN(C)c1ccc(O)c2c1C[C@H]1C[C@H]3[C@H]([N+](C)(C)C)C(=O)C(C(N)=O)=C(O)[C@@]3(O)C(=O)C1=C2O. The van der Waals surface area contributed by atoms with Crippen LogP contribution in [0.5, 0.6) is 5.75 Å². The minimum atomic E-state index is -2.62. The molecule has 0 aliphatic heterocycles. The first-order valence-corrected chi connectivity index (χ1v) is 11.0. The van der Waals surface area contributed by atoms with Crippen molar-refractivity contribution in [2.45, 2.75) is 31.9 Å². The molecule has 6 N–H and O–H groups in total. The van der Waals surface area contributed by atoms with E-state index in [1.165, 1.54) is 6.07 Å². The van der Waals surface area contributed by atoms with Crippen molar-refractivity contribution in [1.29, 1.82) is 0 Å². The Labute approximate surface area is 204 Å². The summed E-state index contributed by atoms with van der Waals surface area (Å²) in [5, 5.41) is 44.2. The summed E-state index contributed by atoms with van der Waals surface area (Å²) in [5.74, 6) is -6.45. The number of hydrogen-bond acceptors (Lipinski definition) is 8. The van der Waals surface area contributed by atoms with Crippen LogP contribution >= 0.6 is 0 Å². The third kappa shape index (κ3) is 3.42. The fourth-order valence-electron chi connectivity index (χ4n) is 5.94. The summed E-state index contributed by atoms with van der Waals surface area (Å²) < 4.78 is -0.0266. The summed E-state index contributed by atoms with van der Waals surface area (Å²) in [5.41, 5.74) is 3.24. The molecule has 4 atom stereocenters. The Morgan fingerprint density at radius 2 is 1.74 bits per heavy atom. The number of phenolic OH excluding ortho intramolecular Hbond substituents is 1. The molecule has 0 spiro atoms. The van der Waals surface area contributed by atoms with Gasteiger partial charge in [-0.15, -0.1) is 0 Å². The van der Waals surface area contributed by atoms with Crippen LogP contribution in [0.2, 0.25) is 0 Å². The van der Waals surface area contributed by atoms with E-state index in [0.717, 1.165) is 5.69 Å². The Balaban J connectivity index is 0.00000342. The van der Waals surface area contributed by atoms with Crippen molar-refractivity contribution in [1.82, 2.24) is 0 Å². The summed E-state index contributed by atoms with van der Waals surface area (Å²) >= 11 is 0. The number of Topliss-reactive ketones (excluding diaryl/α,β-unsaturated/α-hetero) is 2. The van der Waals surface area contributed by atoms with Gasteiger partial charge in [0.1, 0.15) is 22.8 Å². The molecule has 1 aromatic carbocycles. The Bertz CT molecular complexity index is 1210. The summed E-state index contributed by atoms with van der Waals surface area (Å²) in [6.07, 6.45) is 0.339. The highest BCUT2D eigenvalue weighted by molar-refractivity contribution is 6.24. The highest BCUT2D eigenvalue weighted by Gasteiger charge is 2.66. The fraction of sp³-hybridized carbons (Fsp3) is 0.480. The van der Waals surface area contributed by atoms with E-state index in [0.29, 0.717) is 5.56 Å². The maximum absolute atomic E-state index is 13.8. The third-order valence-corrected chi connectivity index (χ3v) is 7.34. The number of anilines is 1. The number of ketones is 2. The smallest absolute Gasteiger partial charge is 0.256 e. The van der Waals surface area contributed by atoms with Crippen molar-refractivity contribution in [3.8, 4) is 5.75 Å². The maximum Gasteiger partial charge on any atom is 0.256 e. The molecule has 0 aromatic heterocycles. The first kappa shape index (κ1) is 26.2. The molecule has 0 radical (unpaired) electrons. The lowest BCUT2D eigenvalue weighted by atomic mass is 9.57. The second-order valence-electron chi connectivity index (χ2n) is 10.5. The predicted molar refractivity (Wildman–Crippen MR) is 130 cm³/mol. The molecular weight excluding hydrogens is 454 g/mol. The second kappa shape index (κ2) is 8.10. The van der Waals surface area contributed by atoms with Crippen molar-refractivity contribution in [3.05, 3.63) is 40.2 Å². The molecule has 190 valence electrons. The molecule has 4 rings (SSSR count). The molecule has 35 heavy (non-hydrogen) atoms. The Morgan fingerprint density at radius 3 is 2.26 bits per heavy atom. The van der Waals surface area contributed by atoms with Crippen LogP contribution in [0.1, 0.15) is 25.0 Å². The fourth-order valence-corrected chi connectivity index (χ4v) is 5.94. The van der Waals surface area contributed by atoms with Gasteiger partial charge < -0.3 is 35.5 Å². The van der Waals surface area contributed by atoms with Crippen molar-refractivity contribution >= 4 is 28.9 Å². The van der Waals surface area contributed by atoms with E-state index in [9.17, 15) is 34.8 Å². The molecule has 0 bridgehead atoms. The van der Waals surface area contributed by atoms with Gasteiger partial charge >= 0.3 is 0 Å². The lowest BCUT2D eigenvalue weighted by Crippen LogP contribution is -2.69. The van der Waals surface area contributed by atoms with Crippen LogP contribution < -0.4 is 10.6 Å². The first-order valence-electron chi connectivity index (χ1n) is 11.0. The molecule has 1 amide bonds. The van der Waals surface area contributed by atoms with E-state index in [-0.39, 0.29) is 41.6 Å². The number of amides is 1. The zero-order valence-electron chi connectivity index (χ0n) is 19.8. The van der Waals surface area contributed by atoms with Gasteiger partial charge in [0, 0.05) is 25.4 Å². The van der Waals surface area contributed by atoms with Crippen LogP contribution in [0, 0.1) is 11.8 Å². The number of rotatable bonds is 3. The lowest BCUT2D eigenvalue weighted by Gasteiger charge is -2.51. The van der Waals surface area contributed by atoms with Gasteiger partial charge in [-0.3, -0.25) is 14.4 Å².